The zero-order chi connectivity index (χ0) is 11.4. The molecule has 0 bridgehead atoms. The van der Waals surface area contributed by atoms with Crippen molar-refractivity contribution < 1.29 is 14.3 Å². The number of carbonyl (C=O) groups excluding carboxylic acids is 1. The minimum atomic E-state index is 0.112. The molecule has 0 atom stereocenters. The first-order chi connectivity index (χ1) is 7.08. The van der Waals surface area contributed by atoms with Crippen molar-refractivity contribution in [3.63, 3.8) is 0 Å². The van der Waals surface area contributed by atoms with Gasteiger partial charge in [0, 0.05) is 12.0 Å². The third-order valence-corrected chi connectivity index (χ3v) is 2.20. The van der Waals surface area contributed by atoms with Gasteiger partial charge in [-0.1, -0.05) is 0 Å². The molecule has 1 aromatic carbocycles. The van der Waals surface area contributed by atoms with E-state index in [0.29, 0.717) is 6.42 Å². The van der Waals surface area contributed by atoms with E-state index in [1.807, 2.05) is 19.1 Å². The van der Waals surface area contributed by atoms with Crippen molar-refractivity contribution in [2.75, 3.05) is 14.2 Å². The predicted molar refractivity (Wildman–Crippen MR) is 58.7 cm³/mol. The molecule has 1 rings (SSSR count). The Morgan fingerprint density at radius 3 is 2.40 bits per heavy atom. The van der Waals surface area contributed by atoms with Gasteiger partial charge in [0.05, 0.1) is 14.2 Å². The minimum absolute atomic E-state index is 0.112. The van der Waals surface area contributed by atoms with Gasteiger partial charge >= 0.3 is 0 Å². The zero-order valence-electron chi connectivity index (χ0n) is 9.59. The maximum absolute atomic E-state index is 11.1. The molecular formula is C12H16O3. The van der Waals surface area contributed by atoms with Crippen molar-refractivity contribution in [3.8, 4) is 11.5 Å². The first-order valence-corrected chi connectivity index (χ1v) is 4.79. The van der Waals surface area contributed by atoms with E-state index in [9.17, 15) is 4.79 Å². The lowest BCUT2D eigenvalue weighted by Gasteiger charge is -2.12. The van der Waals surface area contributed by atoms with Crippen LogP contribution in [0.4, 0.5) is 0 Å². The summed E-state index contributed by atoms with van der Waals surface area (Å²) in [5.74, 6) is 1.64. The molecule has 0 saturated heterocycles. The number of aryl methyl sites for hydroxylation is 1. The Balaban J connectivity index is 3.19. The average Bonchev–Trinajstić information content (AvgIpc) is 2.16. The molecular weight excluding hydrogens is 192 g/mol. The lowest BCUT2D eigenvalue weighted by Crippen LogP contribution is -2.01. The molecule has 0 spiro atoms. The van der Waals surface area contributed by atoms with Gasteiger partial charge in [-0.2, -0.15) is 0 Å². The Kier molecular flexibility index (Phi) is 3.72. The van der Waals surface area contributed by atoms with E-state index in [0.717, 1.165) is 22.6 Å². The van der Waals surface area contributed by atoms with Crippen LogP contribution < -0.4 is 9.47 Å². The zero-order valence-corrected chi connectivity index (χ0v) is 9.59. The Morgan fingerprint density at radius 2 is 1.93 bits per heavy atom. The molecule has 0 aliphatic carbocycles. The van der Waals surface area contributed by atoms with Crippen molar-refractivity contribution in [2.24, 2.45) is 0 Å². The lowest BCUT2D eigenvalue weighted by molar-refractivity contribution is -0.116. The highest BCUT2D eigenvalue weighted by atomic mass is 16.5. The van der Waals surface area contributed by atoms with Gasteiger partial charge in [0.25, 0.3) is 0 Å². The molecule has 0 radical (unpaired) electrons. The summed E-state index contributed by atoms with van der Waals surface area (Å²) >= 11 is 0. The molecule has 0 N–H and O–H groups in total. The Labute approximate surface area is 90.0 Å². The van der Waals surface area contributed by atoms with Crippen LogP contribution in [0, 0.1) is 6.92 Å². The molecule has 1 aromatic rings. The summed E-state index contributed by atoms with van der Waals surface area (Å²) in [5, 5.41) is 0. The topological polar surface area (TPSA) is 35.5 Å². The molecule has 3 nitrogen and oxygen atoms in total. The van der Waals surface area contributed by atoms with Crippen molar-refractivity contribution >= 4 is 5.78 Å². The number of rotatable bonds is 4. The van der Waals surface area contributed by atoms with Gasteiger partial charge in [-0.05, 0) is 31.5 Å². The van der Waals surface area contributed by atoms with Crippen LogP contribution in [0.25, 0.3) is 0 Å². The van der Waals surface area contributed by atoms with E-state index in [2.05, 4.69) is 0 Å². The van der Waals surface area contributed by atoms with Gasteiger partial charge in [-0.25, -0.2) is 0 Å². The molecule has 0 amide bonds. The monoisotopic (exact) mass is 208 g/mol. The number of ketones is 1. The van der Waals surface area contributed by atoms with E-state index >= 15 is 0 Å². The summed E-state index contributed by atoms with van der Waals surface area (Å²) < 4.78 is 10.4. The van der Waals surface area contributed by atoms with Gasteiger partial charge in [0.2, 0.25) is 0 Å². The maximum Gasteiger partial charge on any atom is 0.134 e. The van der Waals surface area contributed by atoms with Crippen LogP contribution in [0.1, 0.15) is 18.1 Å². The smallest absolute Gasteiger partial charge is 0.134 e. The molecule has 0 aliphatic heterocycles. The summed E-state index contributed by atoms with van der Waals surface area (Å²) in [5.41, 5.74) is 1.86. The Morgan fingerprint density at radius 1 is 1.27 bits per heavy atom. The van der Waals surface area contributed by atoms with Crippen LogP contribution in [0.15, 0.2) is 12.1 Å². The first kappa shape index (κ1) is 11.6. The van der Waals surface area contributed by atoms with E-state index < -0.39 is 0 Å². The molecule has 0 unspecified atom stereocenters. The number of carbonyl (C=O) groups is 1. The summed E-state index contributed by atoms with van der Waals surface area (Å²) in [4.78, 5) is 11.1. The van der Waals surface area contributed by atoms with Crippen molar-refractivity contribution in [3.05, 3.63) is 23.3 Å². The number of methoxy groups -OCH3 is 2. The van der Waals surface area contributed by atoms with Crippen molar-refractivity contribution in [1.82, 2.24) is 0 Å². The van der Waals surface area contributed by atoms with Gasteiger partial charge < -0.3 is 9.47 Å². The Bertz CT molecular complexity index is 369. The fourth-order valence-electron chi connectivity index (χ4n) is 1.62. The molecule has 0 fully saturated rings. The first-order valence-electron chi connectivity index (χ1n) is 4.79. The fraction of sp³-hybridized carbons (Fsp3) is 0.417. The molecule has 0 aliphatic rings. The Hall–Kier alpha value is -1.51. The summed E-state index contributed by atoms with van der Waals surface area (Å²) in [6.45, 7) is 3.50. The molecule has 0 heterocycles. The molecule has 15 heavy (non-hydrogen) atoms. The quantitative estimate of drug-likeness (QED) is 0.760. The average molecular weight is 208 g/mol. The molecule has 3 heteroatoms. The standard InChI is InChI=1S/C12H16O3/c1-8-5-11(14-3)7-10(6-9(2)13)12(8)15-4/h5,7H,6H2,1-4H3. The second kappa shape index (κ2) is 4.82. The van der Waals surface area contributed by atoms with Gasteiger partial charge in [0.15, 0.2) is 0 Å². The maximum atomic E-state index is 11.1. The minimum Gasteiger partial charge on any atom is -0.497 e. The third kappa shape index (κ3) is 2.72. The van der Waals surface area contributed by atoms with Crippen molar-refractivity contribution in [2.45, 2.75) is 20.3 Å². The second-order valence-electron chi connectivity index (χ2n) is 3.52. The molecule has 0 aromatic heterocycles. The van der Waals surface area contributed by atoms with E-state index in [1.54, 1.807) is 21.1 Å². The largest absolute Gasteiger partial charge is 0.497 e. The number of hydrogen-bond donors (Lipinski definition) is 0. The number of hydrogen-bond acceptors (Lipinski definition) is 3. The summed E-state index contributed by atoms with van der Waals surface area (Å²) in [7, 11) is 3.22. The highest BCUT2D eigenvalue weighted by molar-refractivity contribution is 5.79. The van der Waals surface area contributed by atoms with Crippen LogP contribution in [0.3, 0.4) is 0 Å². The highest BCUT2D eigenvalue weighted by Crippen LogP contribution is 2.29. The van der Waals surface area contributed by atoms with E-state index in [1.165, 1.54) is 0 Å². The van der Waals surface area contributed by atoms with Gasteiger partial charge in [-0.3, -0.25) is 4.79 Å². The van der Waals surface area contributed by atoms with Gasteiger partial charge in [0.1, 0.15) is 17.3 Å². The van der Waals surface area contributed by atoms with E-state index in [4.69, 9.17) is 9.47 Å². The predicted octanol–water partition coefficient (Wildman–Crippen LogP) is 2.14. The van der Waals surface area contributed by atoms with Crippen LogP contribution in [-0.2, 0) is 11.2 Å². The highest BCUT2D eigenvalue weighted by Gasteiger charge is 2.10. The summed E-state index contributed by atoms with van der Waals surface area (Å²) in [6.07, 6.45) is 0.376. The molecule has 0 saturated carbocycles. The second-order valence-corrected chi connectivity index (χ2v) is 3.52. The lowest BCUT2D eigenvalue weighted by atomic mass is 10.0. The van der Waals surface area contributed by atoms with Gasteiger partial charge in [-0.15, -0.1) is 0 Å². The number of ether oxygens (including phenoxy) is 2. The number of Topliss-reactive ketones (excluding diaryl/α,β-unsaturated/α-hetero) is 1. The normalized spacial score (nSPS) is 9.87. The van der Waals surface area contributed by atoms with E-state index in [-0.39, 0.29) is 5.78 Å². The van der Waals surface area contributed by atoms with Crippen LogP contribution >= 0.6 is 0 Å². The van der Waals surface area contributed by atoms with Crippen LogP contribution in [0.5, 0.6) is 11.5 Å². The fourth-order valence-corrected chi connectivity index (χ4v) is 1.62. The summed E-state index contributed by atoms with van der Waals surface area (Å²) in [6, 6.07) is 3.73. The SMILES string of the molecule is COc1cc(C)c(OC)c(CC(C)=O)c1. The molecule has 82 valence electrons. The van der Waals surface area contributed by atoms with Crippen LogP contribution in [-0.4, -0.2) is 20.0 Å². The third-order valence-electron chi connectivity index (χ3n) is 2.20. The van der Waals surface area contributed by atoms with Crippen LogP contribution in [0.2, 0.25) is 0 Å². The van der Waals surface area contributed by atoms with Crippen molar-refractivity contribution in [1.29, 1.82) is 0 Å². The number of benzene rings is 1.